The predicted octanol–water partition coefficient (Wildman–Crippen LogP) is 1.19. The number of hydrogen-bond donors (Lipinski definition) is 2. The quantitative estimate of drug-likeness (QED) is 0.751. The lowest BCUT2D eigenvalue weighted by molar-refractivity contribution is -0.158. The van der Waals surface area contributed by atoms with E-state index in [-0.39, 0.29) is 11.8 Å². The fraction of sp³-hybridized carbons (Fsp3) is 0.385. The Hall–Kier alpha value is -1.84. The molecule has 4 heteroatoms. The van der Waals surface area contributed by atoms with Gasteiger partial charge in [-0.25, -0.2) is 0 Å². The number of fused-ring (bicyclic) bond motifs is 2. The number of rotatable bonds is 2. The van der Waals surface area contributed by atoms with E-state index in [1.807, 2.05) is 24.3 Å². The van der Waals surface area contributed by atoms with Crippen LogP contribution in [-0.2, 0) is 22.4 Å². The van der Waals surface area contributed by atoms with Crippen molar-refractivity contribution in [2.75, 3.05) is 0 Å². The molecule has 1 fully saturated rings. The molecule has 1 aromatic rings. The number of benzene rings is 1. The van der Waals surface area contributed by atoms with E-state index in [0.29, 0.717) is 12.8 Å². The van der Waals surface area contributed by atoms with Gasteiger partial charge in [0.1, 0.15) is 0 Å². The summed E-state index contributed by atoms with van der Waals surface area (Å²) >= 11 is 0. The van der Waals surface area contributed by atoms with Gasteiger partial charge < -0.3 is 10.2 Å². The molecule has 4 nitrogen and oxygen atoms in total. The minimum absolute atomic E-state index is 0.243. The zero-order chi connectivity index (χ0) is 12.2. The molecule has 2 unspecified atom stereocenters. The molecule has 0 aliphatic heterocycles. The first-order chi connectivity index (χ1) is 8.08. The van der Waals surface area contributed by atoms with Crippen molar-refractivity contribution in [2.45, 2.75) is 12.8 Å². The molecule has 2 atom stereocenters. The fourth-order valence-corrected chi connectivity index (χ4v) is 3.30. The van der Waals surface area contributed by atoms with Gasteiger partial charge in [0.25, 0.3) is 0 Å². The van der Waals surface area contributed by atoms with Crippen LogP contribution in [0.4, 0.5) is 0 Å². The van der Waals surface area contributed by atoms with Crippen LogP contribution in [0.5, 0.6) is 0 Å². The number of carbonyl (C=O) groups is 2. The van der Waals surface area contributed by atoms with Gasteiger partial charge in [0, 0.05) is 0 Å². The van der Waals surface area contributed by atoms with Gasteiger partial charge in [-0.1, -0.05) is 24.3 Å². The highest BCUT2D eigenvalue weighted by atomic mass is 16.4. The second-order valence-corrected chi connectivity index (χ2v) is 4.87. The van der Waals surface area contributed by atoms with Crippen molar-refractivity contribution < 1.29 is 19.8 Å². The molecule has 3 rings (SSSR count). The Morgan fingerprint density at radius 3 is 1.76 bits per heavy atom. The van der Waals surface area contributed by atoms with E-state index < -0.39 is 17.4 Å². The van der Waals surface area contributed by atoms with Crippen LogP contribution in [0.3, 0.4) is 0 Å². The number of hydrogen-bond acceptors (Lipinski definition) is 2. The van der Waals surface area contributed by atoms with Crippen LogP contribution >= 0.6 is 0 Å². The van der Waals surface area contributed by atoms with Gasteiger partial charge in [0.15, 0.2) is 5.41 Å². The molecule has 0 saturated heterocycles. The molecule has 2 N–H and O–H groups in total. The van der Waals surface area contributed by atoms with Crippen molar-refractivity contribution in [3.05, 3.63) is 35.4 Å². The maximum Gasteiger partial charge on any atom is 0.321 e. The fourth-order valence-electron chi connectivity index (χ4n) is 3.30. The van der Waals surface area contributed by atoms with E-state index in [9.17, 15) is 19.8 Å². The van der Waals surface area contributed by atoms with E-state index >= 15 is 0 Å². The Bertz CT molecular complexity index is 473. The SMILES string of the molecule is O=C(O)C1(C(=O)O)C2Cc3ccccc3CC21. The second kappa shape index (κ2) is 3.09. The zero-order valence-electron chi connectivity index (χ0n) is 9.09. The summed E-state index contributed by atoms with van der Waals surface area (Å²) < 4.78 is 0. The van der Waals surface area contributed by atoms with Crippen LogP contribution in [0.2, 0.25) is 0 Å². The molecule has 0 heterocycles. The Balaban J connectivity index is 2.00. The number of carboxylic acids is 2. The molecule has 17 heavy (non-hydrogen) atoms. The summed E-state index contributed by atoms with van der Waals surface area (Å²) in [5.41, 5.74) is 0.648. The van der Waals surface area contributed by atoms with Gasteiger partial charge in [-0.15, -0.1) is 0 Å². The first-order valence-electron chi connectivity index (χ1n) is 5.62. The standard InChI is InChI=1S/C13H12O4/c14-11(15)13(12(16)17)9-5-7-3-1-2-4-8(7)6-10(9)13/h1-4,9-10H,5-6H2,(H,14,15)(H,16,17). The summed E-state index contributed by atoms with van der Waals surface area (Å²) in [6.07, 6.45) is 1.14. The van der Waals surface area contributed by atoms with Crippen LogP contribution in [0.1, 0.15) is 11.1 Å². The monoisotopic (exact) mass is 232 g/mol. The second-order valence-electron chi connectivity index (χ2n) is 4.87. The smallest absolute Gasteiger partial charge is 0.321 e. The van der Waals surface area contributed by atoms with Gasteiger partial charge in [0.05, 0.1) is 0 Å². The summed E-state index contributed by atoms with van der Waals surface area (Å²) in [6.45, 7) is 0. The average Bonchev–Trinajstić information content (AvgIpc) is 2.94. The van der Waals surface area contributed by atoms with Crippen LogP contribution in [0.25, 0.3) is 0 Å². The highest BCUT2D eigenvalue weighted by Gasteiger charge is 2.75. The van der Waals surface area contributed by atoms with Gasteiger partial charge >= 0.3 is 11.9 Å². The molecule has 88 valence electrons. The van der Waals surface area contributed by atoms with Crippen molar-refractivity contribution in [2.24, 2.45) is 17.3 Å². The highest BCUT2D eigenvalue weighted by Crippen LogP contribution is 2.64. The third-order valence-corrected chi connectivity index (χ3v) is 4.25. The first-order valence-corrected chi connectivity index (χ1v) is 5.62. The van der Waals surface area contributed by atoms with E-state index in [0.717, 1.165) is 11.1 Å². The van der Waals surface area contributed by atoms with Crippen LogP contribution in [0.15, 0.2) is 24.3 Å². The third-order valence-electron chi connectivity index (χ3n) is 4.25. The van der Waals surface area contributed by atoms with Crippen LogP contribution in [-0.4, -0.2) is 22.2 Å². The van der Waals surface area contributed by atoms with E-state index in [2.05, 4.69) is 0 Å². The molecular formula is C13H12O4. The van der Waals surface area contributed by atoms with Gasteiger partial charge in [0.2, 0.25) is 0 Å². The van der Waals surface area contributed by atoms with E-state index in [1.54, 1.807) is 0 Å². The zero-order valence-corrected chi connectivity index (χ0v) is 9.09. The Labute approximate surface area is 97.9 Å². The normalized spacial score (nSPS) is 27.8. The Morgan fingerprint density at radius 1 is 1.00 bits per heavy atom. The summed E-state index contributed by atoms with van der Waals surface area (Å²) in [4.78, 5) is 22.5. The minimum Gasteiger partial charge on any atom is -0.480 e. The lowest BCUT2D eigenvalue weighted by atomic mass is 9.92. The molecule has 0 bridgehead atoms. The van der Waals surface area contributed by atoms with Gasteiger partial charge in [-0.05, 0) is 35.8 Å². The van der Waals surface area contributed by atoms with Crippen molar-refractivity contribution in [3.8, 4) is 0 Å². The van der Waals surface area contributed by atoms with E-state index in [1.165, 1.54) is 0 Å². The predicted molar refractivity (Wildman–Crippen MR) is 58.5 cm³/mol. The minimum atomic E-state index is -1.54. The van der Waals surface area contributed by atoms with Crippen molar-refractivity contribution in [3.63, 3.8) is 0 Å². The van der Waals surface area contributed by atoms with Crippen LogP contribution in [0, 0.1) is 17.3 Å². The average molecular weight is 232 g/mol. The lowest BCUT2D eigenvalue weighted by Crippen LogP contribution is -2.29. The molecule has 0 spiro atoms. The van der Waals surface area contributed by atoms with E-state index in [4.69, 9.17) is 0 Å². The van der Waals surface area contributed by atoms with Crippen molar-refractivity contribution >= 4 is 11.9 Å². The summed E-state index contributed by atoms with van der Waals surface area (Å²) in [5.74, 6) is -2.86. The number of carboxylic acid groups (broad SMARTS) is 2. The first kappa shape index (κ1) is 10.3. The molecule has 2 aliphatic carbocycles. The van der Waals surface area contributed by atoms with Crippen LogP contribution < -0.4 is 0 Å². The van der Waals surface area contributed by atoms with Crippen molar-refractivity contribution in [1.29, 1.82) is 0 Å². The lowest BCUT2D eigenvalue weighted by Gasteiger charge is -2.12. The highest BCUT2D eigenvalue weighted by molar-refractivity contribution is 6.03. The molecule has 1 saturated carbocycles. The molecule has 0 aromatic heterocycles. The molecular weight excluding hydrogens is 220 g/mol. The Kier molecular flexibility index (Phi) is 1.88. The topological polar surface area (TPSA) is 74.6 Å². The molecule has 0 amide bonds. The molecule has 0 radical (unpaired) electrons. The molecule has 1 aromatic carbocycles. The maximum absolute atomic E-state index is 11.3. The number of aliphatic carboxylic acids is 2. The van der Waals surface area contributed by atoms with Gasteiger partial charge in [-0.2, -0.15) is 0 Å². The maximum atomic E-state index is 11.3. The Morgan fingerprint density at radius 2 is 1.41 bits per heavy atom. The van der Waals surface area contributed by atoms with Crippen molar-refractivity contribution in [1.82, 2.24) is 0 Å². The third kappa shape index (κ3) is 1.12. The van der Waals surface area contributed by atoms with Gasteiger partial charge in [-0.3, -0.25) is 9.59 Å². The molecule has 2 aliphatic rings. The summed E-state index contributed by atoms with van der Waals surface area (Å²) in [7, 11) is 0. The summed E-state index contributed by atoms with van der Waals surface area (Å²) in [5, 5.41) is 18.4. The summed E-state index contributed by atoms with van der Waals surface area (Å²) in [6, 6.07) is 7.73. The largest absolute Gasteiger partial charge is 0.480 e.